The third-order valence-corrected chi connectivity index (χ3v) is 4.49. The van der Waals surface area contributed by atoms with E-state index < -0.39 is 0 Å². The molecule has 0 N–H and O–H groups in total. The van der Waals surface area contributed by atoms with E-state index in [1.54, 1.807) is 0 Å². The van der Waals surface area contributed by atoms with Gasteiger partial charge in [-0.15, -0.1) is 0 Å². The third kappa shape index (κ3) is 2.05. The molecule has 3 rings (SSSR count). The van der Waals surface area contributed by atoms with Crippen LogP contribution < -0.4 is 4.74 Å². The quantitative estimate of drug-likeness (QED) is 0.797. The maximum atomic E-state index is 11.4. The van der Waals surface area contributed by atoms with Gasteiger partial charge in [0.15, 0.2) is 0 Å². The fourth-order valence-electron chi connectivity index (χ4n) is 3.48. The molecule has 96 valence electrons. The van der Waals surface area contributed by atoms with Crippen molar-refractivity contribution in [2.75, 3.05) is 6.61 Å². The normalized spacial score (nSPS) is 21.1. The molecule has 0 atom stereocenters. The van der Waals surface area contributed by atoms with E-state index in [1.165, 1.54) is 11.1 Å². The summed E-state index contributed by atoms with van der Waals surface area (Å²) < 4.78 is 5.57. The van der Waals surface area contributed by atoms with Crippen LogP contribution in [0.2, 0.25) is 0 Å². The second-order valence-electron chi connectivity index (χ2n) is 5.76. The second-order valence-corrected chi connectivity index (χ2v) is 5.76. The average Bonchev–Trinajstić information content (AvgIpc) is 2.71. The number of ether oxygens (including phenoxy) is 1. The van der Waals surface area contributed by atoms with Crippen molar-refractivity contribution in [3.05, 3.63) is 29.3 Å². The Bertz CT molecular complexity index is 466. The molecule has 1 fully saturated rings. The first-order chi connectivity index (χ1) is 8.71. The van der Waals surface area contributed by atoms with Crippen LogP contribution in [0.15, 0.2) is 18.2 Å². The largest absolute Gasteiger partial charge is 0.494 e. The lowest BCUT2D eigenvalue weighted by Gasteiger charge is -2.32. The minimum Gasteiger partial charge on any atom is -0.494 e. The number of carbonyl (C=O) groups excluding carboxylic acids is 1. The number of benzene rings is 1. The minimum atomic E-state index is 0.376. The number of hydrogen-bond donors (Lipinski definition) is 0. The zero-order valence-electron chi connectivity index (χ0n) is 11.0. The molecule has 1 saturated carbocycles. The maximum Gasteiger partial charge on any atom is 0.132 e. The first-order valence-corrected chi connectivity index (χ1v) is 6.97. The van der Waals surface area contributed by atoms with Crippen molar-refractivity contribution >= 4 is 5.78 Å². The van der Waals surface area contributed by atoms with Gasteiger partial charge >= 0.3 is 0 Å². The molecule has 0 saturated heterocycles. The van der Waals surface area contributed by atoms with E-state index in [4.69, 9.17) is 4.74 Å². The first-order valence-electron chi connectivity index (χ1n) is 6.97. The van der Waals surface area contributed by atoms with Crippen molar-refractivity contribution < 1.29 is 9.53 Å². The van der Waals surface area contributed by atoms with E-state index in [1.807, 2.05) is 6.92 Å². The molecular formula is C16H20O2. The lowest BCUT2D eigenvalue weighted by atomic mass is 9.72. The van der Waals surface area contributed by atoms with Gasteiger partial charge in [-0.25, -0.2) is 0 Å². The Kier molecular flexibility index (Phi) is 2.89. The molecule has 18 heavy (non-hydrogen) atoms. The van der Waals surface area contributed by atoms with Gasteiger partial charge in [-0.05, 0) is 61.3 Å². The molecule has 1 aromatic carbocycles. The van der Waals surface area contributed by atoms with Crippen LogP contribution in [-0.4, -0.2) is 12.4 Å². The molecule has 0 unspecified atom stereocenters. The molecule has 2 nitrogen and oxygen atoms in total. The molecular weight excluding hydrogens is 224 g/mol. The van der Waals surface area contributed by atoms with Gasteiger partial charge in [-0.3, -0.25) is 4.79 Å². The highest BCUT2D eigenvalue weighted by Crippen LogP contribution is 2.47. The van der Waals surface area contributed by atoms with Gasteiger partial charge in [0.2, 0.25) is 0 Å². The molecule has 0 amide bonds. The van der Waals surface area contributed by atoms with Crippen LogP contribution in [0, 0.1) is 5.41 Å². The molecule has 0 heterocycles. The van der Waals surface area contributed by atoms with E-state index >= 15 is 0 Å². The summed E-state index contributed by atoms with van der Waals surface area (Å²) >= 11 is 0. The standard InChI is InChI=1S/C16H20O2/c1-2-18-15-4-3-12-10-16(11-13(12)9-15)7-5-14(17)6-8-16/h3-4,9H,2,5-8,10-11H2,1H3. The van der Waals surface area contributed by atoms with Crippen molar-refractivity contribution in [1.29, 1.82) is 0 Å². The fraction of sp³-hybridized carbons (Fsp3) is 0.562. The van der Waals surface area contributed by atoms with Gasteiger partial charge in [0.25, 0.3) is 0 Å². The monoisotopic (exact) mass is 244 g/mol. The zero-order chi connectivity index (χ0) is 12.6. The van der Waals surface area contributed by atoms with Crippen molar-refractivity contribution in [3.63, 3.8) is 0 Å². The summed E-state index contributed by atoms with van der Waals surface area (Å²) in [7, 11) is 0. The summed E-state index contributed by atoms with van der Waals surface area (Å²) in [5.41, 5.74) is 3.28. The van der Waals surface area contributed by atoms with Gasteiger partial charge in [-0.2, -0.15) is 0 Å². The minimum absolute atomic E-state index is 0.376. The Balaban J connectivity index is 1.80. The van der Waals surface area contributed by atoms with Crippen LogP contribution in [0.25, 0.3) is 0 Å². The molecule has 2 aliphatic carbocycles. The number of fused-ring (bicyclic) bond motifs is 1. The van der Waals surface area contributed by atoms with E-state index in [2.05, 4.69) is 18.2 Å². The molecule has 0 aliphatic heterocycles. The summed E-state index contributed by atoms with van der Waals surface area (Å²) in [5.74, 6) is 1.44. The number of rotatable bonds is 2. The Morgan fingerprint density at radius 2 is 1.89 bits per heavy atom. The number of carbonyl (C=O) groups is 1. The summed E-state index contributed by atoms with van der Waals surface area (Å²) in [6.07, 6.45) is 6.01. The predicted molar refractivity (Wildman–Crippen MR) is 70.9 cm³/mol. The van der Waals surface area contributed by atoms with Crippen LogP contribution in [0.5, 0.6) is 5.75 Å². The maximum absolute atomic E-state index is 11.4. The predicted octanol–water partition coefficient (Wildman–Crippen LogP) is 3.31. The van der Waals surface area contributed by atoms with Crippen LogP contribution in [0.4, 0.5) is 0 Å². The smallest absolute Gasteiger partial charge is 0.132 e. The zero-order valence-corrected chi connectivity index (χ0v) is 11.0. The van der Waals surface area contributed by atoms with Gasteiger partial charge in [0.1, 0.15) is 11.5 Å². The summed E-state index contributed by atoms with van der Waals surface area (Å²) in [5, 5.41) is 0. The lowest BCUT2D eigenvalue weighted by molar-refractivity contribution is -0.122. The molecule has 0 bridgehead atoms. The second kappa shape index (κ2) is 4.42. The van der Waals surface area contributed by atoms with Gasteiger partial charge in [0, 0.05) is 12.8 Å². The Labute approximate surface area is 108 Å². The summed E-state index contributed by atoms with van der Waals surface area (Å²) in [4.78, 5) is 11.4. The number of Topliss-reactive ketones (excluding diaryl/α,β-unsaturated/α-hetero) is 1. The van der Waals surface area contributed by atoms with Crippen molar-refractivity contribution in [2.24, 2.45) is 5.41 Å². The lowest BCUT2D eigenvalue weighted by Crippen LogP contribution is -2.28. The Morgan fingerprint density at radius 1 is 1.17 bits per heavy atom. The topological polar surface area (TPSA) is 26.3 Å². The van der Waals surface area contributed by atoms with Gasteiger partial charge in [-0.1, -0.05) is 6.07 Å². The highest BCUT2D eigenvalue weighted by molar-refractivity contribution is 5.79. The summed E-state index contributed by atoms with van der Waals surface area (Å²) in [6.45, 7) is 2.74. The summed E-state index contributed by atoms with van der Waals surface area (Å²) in [6, 6.07) is 6.49. The molecule has 0 radical (unpaired) electrons. The van der Waals surface area contributed by atoms with Gasteiger partial charge in [0.05, 0.1) is 6.61 Å². The SMILES string of the molecule is CCOc1ccc2c(c1)CC1(CCC(=O)CC1)C2. The van der Waals surface area contributed by atoms with Crippen LogP contribution in [-0.2, 0) is 17.6 Å². The van der Waals surface area contributed by atoms with Crippen molar-refractivity contribution in [2.45, 2.75) is 45.4 Å². The van der Waals surface area contributed by atoms with Crippen LogP contribution >= 0.6 is 0 Å². The van der Waals surface area contributed by atoms with Gasteiger partial charge < -0.3 is 4.74 Å². The van der Waals surface area contributed by atoms with E-state index in [0.717, 1.165) is 50.9 Å². The number of ketones is 1. The number of hydrogen-bond acceptors (Lipinski definition) is 2. The molecule has 2 aliphatic rings. The first kappa shape index (κ1) is 11.8. The molecule has 1 aromatic rings. The molecule has 1 spiro atoms. The fourth-order valence-corrected chi connectivity index (χ4v) is 3.48. The highest BCUT2D eigenvalue weighted by atomic mass is 16.5. The van der Waals surface area contributed by atoms with Crippen LogP contribution in [0.1, 0.15) is 43.7 Å². The van der Waals surface area contributed by atoms with Crippen molar-refractivity contribution in [1.82, 2.24) is 0 Å². The van der Waals surface area contributed by atoms with E-state index in [0.29, 0.717) is 11.2 Å². The molecule has 0 aromatic heterocycles. The third-order valence-electron chi connectivity index (χ3n) is 4.49. The molecule has 2 heteroatoms. The highest BCUT2D eigenvalue weighted by Gasteiger charge is 2.39. The Hall–Kier alpha value is -1.31. The average molecular weight is 244 g/mol. The van der Waals surface area contributed by atoms with E-state index in [-0.39, 0.29) is 0 Å². The van der Waals surface area contributed by atoms with Crippen LogP contribution in [0.3, 0.4) is 0 Å². The Morgan fingerprint density at radius 3 is 2.61 bits per heavy atom. The van der Waals surface area contributed by atoms with E-state index in [9.17, 15) is 4.79 Å². The van der Waals surface area contributed by atoms with Crippen molar-refractivity contribution in [3.8, 4) is 5.75 Å².